The Kier molecular flexibility index (Phi) is 6.73. The molecule has 1 amide bonds. The fourth-order valence-electron chi connectivity index (χ4n) is 3.09. The van der Waals surface area contributed by atoms with Crippen LogP contribution >= 0.6 is 11.3 Å². The molecule has 0 aliphatic carbocycles. The fourth-order valence-corrected chi connectivity index (χ4v) is 4.06. The first-order valence-electron chi connectivity index (χ1n) is 9.74. The quantitative estimate of drug-likeness (QED) is 0.393. The van der Waals surface area contributed by atoms with Gasteiger partial charge in [0.1, 0.15) is 0 Å². The number of carbonyl (C=O) groups excluding carboxylic acids is 2. The molecule has 3 aromatic rings. The van der Waals surface area contributed by atoms with E-state index >= 15 is 0 Å². The van der Waals surface area contributed by atoms with Crippen LogP contribution in [-0.2, 0) is 20.7 Å². The molecule has 0 radical (unpaired) electrons. The van der Waals surface area contributed by atoms with Gasteiger partial charge in [-0.15, -0.1) is 0 Å². The predicted octanol–water partition coefficient (Wildman–Crippen LogP) is 4.62. The van der Waals surface area contributed by atoms with Crippen molar-refractivity contribution in [2.45, 2.75) is 38.0 Å². The number of halogens is 3. The molecule has 0 spiro atoms. The molecule has 32 heavy (non-hydrogen) atoms. The van der Waals surface area contributed by atoms with E-state index in [9.17, 15) is 22.8 Å². The third-order valence-corrected chi connectivity index (χ3v) is 5.76. The van der Waals surface area contributed by atoms with Crippen LogP contribution in [0.3, 0.4) is 0 Å². The Bertz CT molecular complexity index is 1120. The van der Waals surface area contributed by atoms with Gasteiger partial charge < -0.3 is 15.4 Å². The molecule has 1 heterocycles. The number of carbonyl (C=O) groups is 2. The number of hydrogen-bond donors (Lipinski definition) is 2. The summed E-state index contributed by atoms with van der Waals surface area (Å²) in [6.07, 6.45) is -5.57. The number of methoxy groups -OCH3 is 1. The number of nitrogens with one attached hydrogen (secondary N) is 2. The number of nitrogens with zero attached hydrogens (tertiary/aromatic N) is 1. The van der Waals surface area contributed by atoms with E-state index in [1.807, 2.05) is 31.3 Å². The maximum absolute atomic E-state index is 14.2. The summed E-state index contributed by atoms with van der Waals surface area (Å²) < 4.78 is 47.7. The standard InChI is InChI=1S/C22H22F3N3O3S/c1-13(2)15-9-10-16-17(12-15)32-20(26-16)28-21(19(30)31-3,22(23,24)25)27-18(29)11-14-7-5-4-6-8-14/h4-10,12-13H,11H2,1-3H3,(H,26,28)(H,27,29)/t21-/m1/s1. The number of hydrogen-bond acceptors (Lipinski definition) is 6. The van der Waals surface area contributed by atoms with Crippen LogP contribution in [-0.4, -0.2) is 35.8 Å². The predicted molar refractivity (Wildman–Crippen MR) is 116 cm³/mol. The zero-order valence-corrected chi connectivity index (χ0v) is 18.4. The van der Waals surface area contributed by atoms with E-state index < -0.39 is 23.7 Å². The van der Waals surface area contributed by atoms with Gasteiger partial charge in [0.2, 0.25) is 5.91 Å². The van der Waals surface area contributed by atoms with E-state index in [1.54, 1.807) is 36.4 Å². The second-order valence-corrected chi connectivity index (χ2v) is 8.51. The molecule has 0 bridgehead atoms. The third-order valence-electron chi connectivity index (χ3n) is 4.82. The van der Waals surface area contributed by atoms with Crippen molar-refractivity contribution >= 4 is 38.6 Å². The van der Waals surface area contributed by atoms with Gasteiger partial charge >= 0.3 is 17.8 Å². The van der Waals surface area contributed by atoms with Gasteiger partial charge in [-0.05, 0) is 29.2 Å². The van der Waals surface area contributed by atoms with Crippen LogP contribution in [0.25, 0.3) is 10.2 Å². The second-order valence-electron chi connectivity index (χ2n) is 7.48. The molecule has 10 heteroatoms. The third kappa shape index (κ3) is 4.85. The number of amides is 1. The van der Waals surface area contributed by atoms with Gasteiger partial charge in [-0.25, -0.2) is 9.78 Å². The number of esters is 1. The van der Waals surface area contributed by atoms with Crippen molar-refractivity contribution in [1.29, 1.82) is 0 Å². The Labute approximate surface area is 186 Å². The van der Waals surface area contributed by atoms with Crippen molar-refractivity contribution in [1.82, 2.24) is 10.3 Å². The molecule has 0 fully saturated rings. The zero-order valence-electron chi connectivity index (χ0n) is 17.6. The summed E-state index contributed by atoms with van der Waals surface area (Å²) in [7, 11) is 0.821. The smallest absolute Gasteiger partial charge is 0.442 e. The second kappa shape index (κ2) is 9.15. The van der Waals surface area contributed by atoms with Crippen LogP contribution in [0.4, 0.5) is 18.3 Å². The summed E-state index contributed by atoms with van der Waals surface area (Å²) in [5, 5.41) is 3.75. The Hall–Kier alpha value is -3.14. The van der Waals surface area contributed by atoms with Crippen molar-refractivity contribution in [2.24, 2.45) is 0 Å². The highest BCUT2D eigenvalue weighted by Gasteiger charge is 2.63. The summed E-state index contributed by atoms with van der Waals surface area (Å²) in [4.78, 5) is 29.1. The molecule has 0 aliphatic rings. The largest absolute Gasteiger partial charge is 0.466 e. The Morgan fingerprint density at radius 2 is 1.81 bits per heavy atom. The molecule has 0 saturated carbocycles. The number of benzene rings is 2. The number of rotatable bonds is 7. The van der Waals surface area contributed by atoms with Crippen LogP contribution in [0.15, 0.2) is 48.5 Å². The average Bonchev–Trinajstić information content (AvgIpc) is 3.13. The lowest BCUT2D eigenvalue weighted by molar-refractivity contribution is -0.206. The summed E-state index contributed by atoms with van der Waals surface area (Å²) >= 11 is 0.949. The average molecular weight is 465 g/mol. The van der Waals surface area contributed by atoms with Crippen LogP contribution < -0.4 is 10.6 Å². The van der Waals surface area contributed by atoms with E-state index in [4.69, 9.17) is 0 Å². The fraction of sp³-hybridized carbons (Fsp3) is 0.318. The topological polar surface area (TPSA) is 80.3 Å². The number of aromatic nitrogens is 1. The summed E-state index contributed by atoms with van der Waals surface area (Å²) in [6.45, 7) is 3.99. The highest BCUT2D eigenvalue weighted by Crippen LogP contribution is 2.36. The normalized spacial score (nSPS) is 13.6. The Balaban J connectivity index is 1.97. The number of ether oxygens (including phenoxy) is 1. The number of anilines is 1. The molecule has 0 unspecified atom stereocenters. The van der Waals surface area contributed by atoms with Gasteiger partial charge in [-0.1, -0.05) is 61.6 Å². The van der Waals surface area contributed by atoms with Gasteiger partial charge in [0.05, 0.1) is 23.7 Å². The lowest BCUT2D eigenvalue weighted by atomic mass is 10.0. The molecule has 0 aliphatic heterocycles. The molecule has 1 atom stereocenters. The summed E-state index contributed by atoms with van der Waals surface area (Å²) in [6, 6.07) is 13.6. The van der Waals surface area contributed by atoms with Crippen LogP contribution in [0, 0.1) is 0 Å². The molecule has 6 nitrogen and oxygen atoms in total. The van der Waals surface area contributed by atoms with Gasteiger partial charge in [-0.2, -0.15) is 13.2 Å². The monoisotopic (exact) mass is 465 g/mol. The van der Waals surface area contributed by atoms with E-state index in [0.29, 0.717) is 15.8 Å². The highest BCUT2D eigenvalue weighted by molar-refractivity contribution is 7.22. The van der Waals surface area contributed by atoms with Crippen LogP contribution in [0.2, 0.25) is 0 Å². The van der Waals surface area contributed by atoms with Crippen molar-refractivity contribution in [3.63, 3.8) is 0 Å². The van der Waals surface area contributed by atoms with Gasteiger partial charge in [0.15, 0.2) is 5.13 Å². The SMILES string of the molecule is COC(=O)[C@@](NC(=O)Cc1ccccc1)(Nc1nc2ccc(C(C)C)cc2s1)C(F)(F)F. The van der Waals surface area contributed by atoms with Crippen molar-refractivity contribution < 1.29 is 27.5 Å². The molecule has 3 rings (SSSR count). The lowest BCUT2D eigenvalue weighted by Gasteiger charge is -2.34. The minimum absolute atomic E-state index is 0.177. The highest BCUT2D eigenvalue weighted by atomic mass is 32.1. The summed E-state index contributed by atoms with van der Waals surface area (Å²) in [5.74, 6) is -2.48. The zero-order chi connectivity index (χ0) is 23.5. The van der Waals surface area contributed by atoms with Crippen molar-refractivity contribution in [3.05, 3.63) is 59.7 Å². The first kappa shape index (κ1) is 23.5. The van der Waals surface area contributed by atoms with Crippen molar-refractivity contribution in [3.8, 4) is 0 Å². The molecule has 170 valence electrons. The van der Waals surface area contributed by atoms with Crippen LogP contribution in [0.5, 0.6) is 0 Å². The number of fused-ring (bicyclic) bond motifs is 1. The molecular formula is C22H22F3N3O3S. The van der Waals surface area contributed by atoms with E-state index in [2.05, 4.69) is 15.0 Å². The number of alkyl halides is 3. The van der Waals surface area contributed by atoms with Gasteiger partial charge in [0.25, 0.3) is 0 Å². The maximum Gasteiger partial charge on any atom is 0.442 e. The van der Waals surface area contributed by atoms with E-state index in [0.717, 1.165) is 24.0 Å². The minimum atomic E-state index is -5.21. The first-order chi connectivity index (χ1) is 15.1. The Morgan fingerprint density at radius 1 is 1.12 bits per heavy atom. The molecule has 2 aromatic carbocycles. The molecule has 0 saturated heterocycles. The molecule has 1 aromatic heterocycles. The van der Waals surface area contributed by atoms with E-state index in [-0.39, 0.29) is 17.5 Å². The molecule has 2 N–H and O–H groups in total. The number of thiazole rings is 1. The first-order valence-corrected chi connectivity index (χ1v) is 10.6. The van der Waals surface area contributed by atoms with Crippen LogP contribution in [0.1, 0.15) is 30.9 Å². The van der Waals surface area contributed by atoms with E-state index in [1.165, 1.54) is 0 Å². The lowest BCUT2D eigenvalue weighted by Crippen LogP contribution is -2.69. The minimum Gasteiger partial charge on any atom is -0.466 e. The molecular weight excluding hydrogens is 443 g/mol. The van der Waals surface area contributed by atoms with Gasteiger partial charge in [-0.3, -0.25) is 4.79 Å². The van der Waals surface area contributed by atoms with Gasteiger partial charge in [0, 0.05) is 0 Å². The maximum atomic E-state index is 14.2. The Morgan fingerprint density at radius 3 is 2.41 bits per heavy atom. The summed E-state index contributed by atoms with van der Waals surface area (Å²) in [5.41, 5.74) is -1.54. The van der Waals surface area contributed by atoms with Crippen molar-refractivity contribution in [2.75, 3.05) is 12.4 Å².